The third-order valence-corrected chi connectivity index (χ3v) is 7.50. The molecule has 0 spiro atoms. The molecule has 0 saturated carbocycles. The van der Waals surface area contributed by atoms with Crippen molar-refractivity contribution in [2.45, 2.75) is 51.5 Å². The van der Waals surface area contributed by atoms with E-state index in [-0.39, 0.29) is 17.1 Å². The molecule has 1 saturated heterocycles. The molecule has 0 radical (unpaired) electrons. The summed E-state index contributed by atoms with van der Waals surface area (Å²) in [6.45, 7) is 8.17. The first-order valence-electron chi connectivity index (χ1n) is 11.4. The van der Waals surface area contributed by atoms with Crippen molar-refractivity contribution in [3.8, 4) is 5.75 Å². The van der Waals surface area contributed by atoms with Gasteiger partial charge in [-0.25, -0.2) is 0 Å². The summed E-state index contributed by atoms with van der Waals surface area (Å²) in [6.07, 6.45) is 2.65. The first kappa shape index (κ1) is 23.8. The quantitative estimate of drug-likeness (QED) is 0.618. The maximum atomic E-state index is 12.7. The van der Waals surface area contributed by atoms with Gasteiger partial charge in [-0.1, -0.05) is 19.9 Å². The second-order valence-electron chi connectivity index (χ2n) is 9.06. The molecule has 0 aromatic heterocycles. The summed E-state index contributed by atoms with van der Waals surface area (Å²) in [5.41, 5.74) is 8.47. The number of aromatic hydroxyl groups is 1. The van der Waals surface area contributed by atoms with Crippen LogP contribution in [0.15, 0.2) is 42.5 Å². The lowest BCUT2D eigenvalue weighted by molar-refractivity contribution is 0.0572. The molecule has 172 valence electrons. The molecule has 1 aliphatic rings. The van der Waals surface area contributed by atoms with E-state index in [0.717, 1.165) is 25.8 Å². The van der Waals surface area contributed by atoms with Crippen LogP contribution >= 0.6 is 0 Å². The first-order chi connectivity index (χ1) is 15.2. The van der Waals surface area contributed by atoms with Gasteiger partial charge in [0.25, 0.3) is 5.91 Å². The highest BCUT2D eigenvalue weighted by molar-refractivity contribution is 5.97. The zero-order chi connectivity index (χ0) is 23.5. The number of nitrogens with one attached hydrogen (secondary N) is 1. The lowest BCUT2D eigenvalue weighted by atomic mass is 9.61. The predicted octanol–water partition coefficient (Wildman–Crippen LogP) is 3.47. The molecule has 0 bridgehead atoms. The van der Waals surface area contributed by atoms with Crippen molar-refractivity contribution in [1.29, 1.82) is 0 Å². The number of hydrogen-bond acceptors (Lipinski definition) is 4. The number of likely N-dealkylation sites (tertiary alicyclic amines) is 1. The van der Waals surface area contributed by atoms with Crippen molar-refractivity contribution in [2.75, 3.05) is 20.1 Å². The summed E-state index contributed by atoms with van der Waals surface area (Å²) in [5, 5.41) is 13.3. The van der Waals surface area contributed by atoms with Gasteiger partial charge in [0.2, 0.25) is 5.91 Å². The van der Waals surface area contributed by atoms with Gasteiger partial charge in [0.15, 0.2) is 0 Å². The smallest absolute Gasteiger partial charge is 0.251 e. The lowest BCUT2D eigenvalue weighted by Gasteiger charge is -2.51. The van der Waals surface area contributed by atoms with E-state index in [1.54, 1.807) is 30.3 Å². The van der Waals surface area contributed by atoms with Crippen LogP contribution in [0.1, 0.15) is 65.5 Å². The monoisotopic (exact) mass is 437 g/mol. The molecule has 0 aliphatic carbocycles. The van der Waals surface area contributed by atoms with Crippen LogP contribution in [0, 0.1) is 5.92 Å². The average Bonchev–Trinajstić information content (AvgIpc) is 2.79. The predicted molar refractivity (Wildman–Crippen MR) is 127 cm³/mol. The fraction of sp³-hybridized carbons (Fsp3) is 0.462. The Bertz CT molecular complexity index is 973. The van der Waals surface area contributed by atoms with E-state index in [4.69, 9.17) is 5.73 Å². The number of primary amides is 1. The van der Waals surface area contributed by atoms with Gasteiger partial charge < -0.3 is 21.1 Å². The van der Waals surface area contributed by atoms with E-state index in [0.29, 0.717) is 29.6 Å². The van der Waals surface area contributed by atoms with Crippen molar-refractivity contribution in [3.63, 3.8) is 0 Å². The van der Waals surface area contributed by atoms with Crippen LogP contribution in [0.4, 0.5) is 0 Å². The molecule has 3 rings (SSSR count). The lowest BCUT2D eigenvalue weighted by Crippen LogP contribution is -2.54. The summed E-state index contributed by atoms with van der Waals surface area (Å²) in [5.74, 6) is -0.0485. The maximum Gasteiger partial charge on any atom is 0.251 e. The van der Waals surface area contributed by atoms with Crippen LogP contribution < -0.4 is 11.1 Å². The van der Waals surface area contributed by atoms with Gasteiger partial charge in [0.1, 0.15) is 5.75 Å². The molecule has 4 N–H and O–H groups in total. The van der Waals surface area contributed by atoms with Gasteiger partial charge in [0.05, 0.1) is 0 Å². The minimum absolute atomic E-state index is 0.140. The summed E-state index contributed by atoms with van der Waals surface area (Å²) in [7, 11) is 2.16. The van der Waals surface area contributed by atoms with E-state index in [1.807, 2.05) is 12.1 Å². The van der Waals surface area contributed by atoms with Gasteiger partial charge in [-0.2, -0.15) is 0 Å². The van der Waals surface area contributed by atoms with Crippen LogP contribution in [-0.2, 0) is 11.8 Å². The molecule has 2 aromatic carbocycles. The van der Waals surface area contributed by atoms with Crippen molar-refractivity contribution in [2.24, 2.45) is 11.7 Å². The molecular weight excluding hydrogens is 402 g/mol. The summed E-state index contributed by atoms with van der Waals surface area (Å²) < 4.78 is 0. The molecule has 2 aromatic rings. The van der Waals surface area contributed by atoms with Gasteiger partial charge in [-0.15, -0.1) is 0 Å². The largest absolute Gasteiger partial charge is 0.508 e. The fourth-order valence-corrected chi connectivity index (χ4v) is 5.14. The number of aryl methyl sites for hydroxylation is 1. The Morgan fingerprint density at radius 3 is 2.44 bits per heavy atom. The van der Waals surface area contributed by atoms with Crippen molar-refractivity contribution in [1.82, 2.24) is 10.2 Å². The van der Waals surface area contributed by atoms with E-state index < -0.39 is 5.91 Å². The summed E-state index contributed by atoms with van der Waals surface area (Å²) >= 11 is 0. The standard InChI is InChI=1S/C26H35N3O3/c1-5-19-10-11-22(30)16-23(19)26(13-15-29(4)18(3)17(26)2)12-14-28-25(32)21-8-6-20(7-9-21)24(27)31/h6-11,16-18,30H,5,12-15H2,1-4H3,(H2,27,31)(H,28,32)/t17-,18?,26?/m0/s1. The average molecular weight is 438 g/mol. The zero-order valence-electron chi connectivity index (χ0n) is 19.5. The van der Waals surface area contributed by atoms with E-state index in [9.17, 15) is 14.7 Å². The van der Waals surface area contributed by atoms with Gasteiger partial charge >= 0.3 is 0 Å². The topological polar surface area (TPSA) is 95.7 Å². The van der Waals surface area contributed by atoms with Crippen molar-refractivity contribution in [3.05, 3.63) is 64.7 Å². The van der Waals surface area contributed by atoms with Crippen LogP contribution in [0.25, 0.3) is 0 Å². The number of carbonyl (C=O) groups is 2. The summed E-state index contributed by atoms with van der Waals surface area (Å²) in [6, 6.07) is 12.5. The molecule has 2 amide bonds. The molecule has 2 unspecified atom stereocenters. The number of hydrogen-bond donors (Lipinski definition) is 3. The summed E-state index contributed by atoms with van der Waals surface area (Å²) in [4.78, 5) is 26.3. The molecular formula is C26H35N3O3. The Hall–Kier alpha value is -2.86. The second kappa shape index (κ2) is 9.74. The highest BCUT2D eigenvalue weighted by atomic mass is 16.3. The van der Waals surface area contributed by atoms with Gasteiger partial charge in [-0.05, 0) is 93.2 Å². The molecule has 1 fully saturated rings. The van der Waals surface area contributed by atoms with E-state index >= 15 is 0 Å². The van der Waals surface area contributed by atoms with Crippen LogP contribution in [0.2, 0.25) is 0 Å². The maximum absolute atomic E-state index is 12.7. The minimum atomic E-state index is -0.512. The molecule has 6 nitrogen and oxygen atoms in total. The number of phenols is 1. The number of nitrogens with zero attached hydrogens (tertiary/aromatic N) is 1. The van der Waals surface area contributed by atoms with Gasteiger partial charge in [-0.3, -0.25) is 9.59 Å². The molecule has 1 aliphatic heterocycles. The van der Waals surface area contributed by atoms with Crippen molar-refractivity contribution >= 4 is 11.8 Å². The molecule has 1 heterocycles. The number of amides is 2. The number of nitrogens with two attached hydrogens (primary N) is 1. The number of piperidine rings is 1. The normalized spacial score (nSPS) is 23.6. The zero-order valence-corrected chi connectivity index (χ0v) is 19.5. The van der Waals surface area contributed by atoms with Crippen LogP contribution in [-0.4, -0.2) is 48.0 Å². The van der Waals surface area contributed by atoms with Crippen LogP contribution in [0.3, 0.4) is 0 Å². The van der Waals surface area contributed by atoms with Gasteiger partial charge in [0, 0.05) is 29.1 Å². The van der Waals surface area contributed by atoms with E-state index in [1.165, 1.54) is 11.1 Å². The number of carbonyl (C=O) groups excluding carboxylic acids is 2. The van der Waals surface area contributed by atoms with E-state index in [2.05, 4.69) is 38.0 Å². The third kappa shape index (κ3) is 4.65. The highest BCUT2D eigenvalue weighted by Crippen LogP contribution is 2.47. The molecule has 6 heteroatoms. The minimum Gasteiger partial charge on any atom is -0.508 e. The number of rotatable bonds is 7. The van der Waals surface area contributed by atoms with Crippen molar-refractivity contribution < 1.29 is 14.7 Å². The van der Waals surface area contributed by atoms with Crippen LogP contribution in [0.5, 0.6) is 5.75 Å². The molecule has 3 atom stereocenters. The Kier molecular flexibility index (Phi) is 7.24. The highest BCUT2D eigenvalue weighted by Gasteiger charge is 2.45. The second-order valence-corrected chi connectivity index (χ2v) is 9.06. The Balaban J connectivity index is 1.83. The number of benzene rings is 2. The Morgan fingerprint density at radius 2 is 1.81 bits per heavy atom. The number of phenolic OH excluding ortho intramolecular Hbond substituents is 1. The first-order valence-corrected chi connectivity index (χ1v) is 11.4. The third-order valence-electron chi connectivity index (χ3n) is 7.50. The Morgan fingerprint density at radius 1 is 1.16 bits per heavy atom. The molecule has 32 heavy (non-hydrogen) atoms. The SMILES string of the molecule is CCc1ccc(O)cc1C1(CCNC(=O)c2ccc(C(N)=O)cc2)CCN(C)C(C)[C@@H]1C. The fourth-order valence-electron chi connectivity index (χ4n) is 5.14. The Labute approximate surface area is 190 Å².